The molecule has 0 aliphatic heterocycles. The third kappa shape index (κ3) is 3.52. The van der Waals surface area contributed by atoms with E-state index < -0.39 is 5.97 Å². The lowest BCUT2D eigenvalue weighted by molar-refractivity contribution is -0.254. The Morgan fingerprint density at radius 1 is 1.16 bits per heavy atom. The Balaban J connectivity index is 1.80. The number of amides is 1. The fourth-order valence-electron chi connectivity index (χ4n) is 2.82. The molecular formula is C19H17N2O4-. The van der Waals surface area contributed by atoms with Crippen molar-refractivity contribution in [2.45, 2.75) is 26.7 Å². The Bertz CT molecular complexity index is 940. The Morgan fingerprint density at radius 3 is 2.44 bits per heavy atom. The molecule has 2 aromatic carbocycles. The van der Waals surface area contributed by atoms with Crippen LogP contribution in [0.2, 0.25) is 0 Å². The summed E-state index contributed by atoms with van der Waals surface area (Å²) in [6, 6.07) is 10.5. The molecule has 0 saturated carbocycles. The van der Waals surface area contributed by atoms with E-state index in [2.05, 4.69) is 10.5 Å². The number of carboxylic acids is 1. The second-order valence-electron chi connectivity index (χ2n) is 5.88. The Morgan fingerprint density at radius 2 is 1.84 bits per heavy atom. The average Bonchev–Trinajstić information content (AvgIpc) is 2.90. The first-order valence-electron chi connectivity index (χ1n) is 7.91. The highest BCUT2D eigenvalue weighted by Gasteiger charge is 2.13. The number of benzene rings is 2. The van der Waals surface area contributed by atoms with Crippen LogP contribution < -0.4 is 10.4 Å². The Labute approximate surface area is 144 Å². The van der Waals surface area contributed by atoms with Gasteiger partial charge in [-0.3, -0.25) is 4.79 Å². The zero-order valence-electron chi connectivity index (χ0n) is 14.0. The van der Waals surface area contributed by atoms with Gasteiger partial charge in [0.05, 0.1) is 17.4 Å². The molecule has 0 aliphatic rings. The van der Waals surface area contributed by atoms with Crippen molar-refractivity contribution in [3.05, 3.63) is 59.0 Å². The van der Waals surface area contributed by atoms with Crippen LogP contribution in [0.4, 0.5) is 5.69 Å². The number of aromatic nitrogens is 1. The summed E-state index contributed by atoms with van der Waals surface area (Å²) in [5, 5.41) is 19.5. The topological polar surface area (TPSA) is 95.3 Å². The van der Waals surface area contributed by atoms with E-state index in [1.165, 1.54) is 6.07 Å². The first-order chi connectivity index (χ1) is 12.0. The first-order valence-corrected chi connectivity index (χ1v) is 7.91. The number of carbonyl (C=O) groups excluding carboxylic acids is 2. The standard InChI is InChI=1S/C19H18N2O4/c1-11-15(12(2)25-21-11)7-8-18(22)20-17-10-14-6-4-3-5-13(14)9-16(17)19(23)24/h3-6,9-10H,7-8H2,1-2H3,(H,20,22)(H,23,24)/p-1. The predicted octanol–water partition coefficient (Wildman–Crippen LogP) is 2.38. The van der Waals surface area contributed by atoms with Gasteiger partial charge in [-0.05, 0) is 43.2 Å². The minimum atomic E-state index is -1.33. The average molecular weight is 337 g/mol. The predicted molar refractivity (Wildman–Crippen MR) is 91.2 cm³/mol. The highest BCUT2D eigenvalue weighted by Crippen LogP contribution is 2.24. The van der Waals surface area contributed by atoms with Crippen LogP contribution in [-0.4, -0.2) is 17.0 Å². The van der Waals surface area contributed by atoms with Crippen LogP contribution in [0.1, 0.15) is 33.8 Å². The number of carboxylic acid groups (broad SMARTS) is 1. The van der Waals surface area contributed by atoms with Gasteiger partial charge in [0.15, 0.2) is 0 Å². The number of fused-ring (bicyclic) bond motifs is 1. The van der Waals surface area contributed by atoms with E-state index in [1.54, 1.807) is 13.0 Å². The van der Waals surface area contributed by atoms with Crippen LogP contribution >= 0.6 is 0 Å². The number of nitrogens with one attached hydrogen (secondary N) is 1. The molecule has 0 bridgehead atoms. The maximum absolute atomic E-state index is 12.3. The van der Waals surface area contributed by atoms with E-state index >= 15 is 0 Å². The van der Waals surface area contributed by atoms with Crippen molar-refractivity contribution in [3.63, 3.8) is 0 Å². The highest BCUT2D eigenvalue weighted by atomic mass is 16.5. The minimum absolute atomic E-state index is 0.0376. The summed E-state index contributed by atoms with van der Waals surface area (Å²) in [6.45, 7) is 3.62. The van der Waals surface area contributed by atoms with Crippen LogP contribution in [0.25, 0.3) is 10.8 Å². The summed E-state index contributed by atoms with van der Waals surface area (Å²) in [5.41, 5.74) is 1.85. The van der Waals surface area contributed by atoms with Crippen molar-refractivity contribution in [2.24, 2.45) is 0 Å². The molecule has 6 nitrogen and oxygen atoms in total. The summed E-state index contributed by atoms with van der Waals surface area (Å²) >= 11 is 0. The molecule has 0 radical (unpaired) electrons. The summed E-state index contributed by atoms with van der Waals surface area (Å²) in [4.78, 5) is 23.7. The van der Waals surface area contributed by atoms with E-state index in [-0.39, 0.29) is 23.6 Å². The molecule has 0 atom stereocenters. The lowest BCUT2D eigenvalue weighted by atomic mass is 10.0. The summed E-state index contributed by atoms with van der Waals surface area (Å²) < 4.78 is 5.08. The number of aryl methyl sites for hydroxylation is 2. The number of rotatable bonds is 5. The fourth-order valence-corrected chi connectivity index (χ4v) is 2.82. The van der Waals surface area contributed by atoms with Crippen LogP contribution in [0.15, 0.2) is 40.9 Å². The summed E-state index contributed by atoms with van der Waals surface area (Å²) in [5.74, 6) is -0.920. The Hall–Kier alpha value is -3.15. The monoisotopic (exact) mass is 337 g/mol. The van der Waals surface area contributed by atoms with Crippen molar-refractivity contribution >= 4 is 28.3 Å². The minimum Gasteiger partial charge on any atom is -0.545 e. The highest BCUT2D eigenvalue weighted by molar-refractivity contribution is 6.04. The SMILES string of the molecule is Cc1noc(C)c1CCC(=O)Nc1cc2ccccc2cc1C(=O)[O-]. The molecule has 0 fully saturated rings. The lowest BCUT2D eigenvalue weighted by Gasteiger charge is -2.13. The molecule has 3 aromatic rings. The second kappa shape index (κ2) is 6.76. The lowest BCUT2D eigenvalue weighted by Crippen LogP contribution is -2.25. The summed E-state index contributed by atoms with van der Waals surface area (Å²) in [7, 11) is 0. The van der Waals surface area contributed by atoms with E-state index in [1.807, 2.05) is 31.2 Å². The number of hydrogen-bond acceptors (Lipinski definition) is 5. The number of nitrogens with zero attached hydrogens (tertiary/aromatic N) is 1. The van der Waals surface area contributed by atoms with Gasteiger partial charge in [-0.1, -0.05) is 29.4 Å². The van der Waals surface area contributed by atoms with Gasteiger partial charge in [-0.2, -0.15) is 0 Å². The zero-order valence-corrected chi connectivity index (χ0v) is 14.0. The van der Waals surface area contributed by atoms with Gasteiger partial charge < -0.3 is 19.7 Å². The van der Waals surface area contributed by atoms with Crippen LogP contribution in [-0.2, 0) is 11.2 Å². The smallest absolute Gasteiger partial charge is 0.224 e. The quantitative estimate of drug-likeness (QED) is 0.771. The van der Waals surface area contributed by atoms with Gasteiger partial charge in [-0.25, -0.2) is 0 Å². The van der Waals surface area contributed by atoms with Crippen LogP contribution in [0.5, 0.6) is 0 Å². The molecule has 6 heteroatoms. The number of anilines is 1. The van der Waals surface area contributed by atoms with Gasteiger partial charge in [-0.15, -0.1) is 0 Å². The van der Waals surface area contributed by atoms with Crippen molar-refractivity contribution in [1.29, 1.82) is 0 Å². The number of aromatic carboxylic acids is 1. The molecule has 0 aliphatic carbocycles. The molecule has 25 heavy (non-hydrogen) atoms. The fraction of sp³-hybridized carbons (Fsp3) is 0.211. The number of hydrogen-bond donors (Lipinski definition) is 1. The molecular weight excluding hydrogens is 320 g/mol. The molecule has 0 saturated heterocycles. The van der Waals surface area contributed by atoms with Crippen molar-refractivity contribution in [1.82, 2.24) is 5.16 Å². The van der Waals surface area contributed by atoms with Gasteiger partial charge in [0, 0.05) is 17.5 Å². The molecule has 1 N–H and O–H groups in total. The molecule has 1 amide bonds. The zero-order chi connectivity index (χ0) is 18.0. The molecule has 1 aromatic heterocycles. The van der Waals surface area contributed by atoms with Crippen molar-refractivity contribution in [2.75, 3.05) is 5.32 Å². The Kier molecular flexibility index (Phi) is 4.52. The van der Waals surface area contributed by atoms with E-state index in [0.717, 1.165) is 22.0 Å². The maximum Gasteiger partial charge on any atom is 0.224 e. The van der Waals surface area contributed by atoms with Gasteiger partial charge in [0.2, 0.25) is 5.91 Å². The van der Waals surface area contributed by atoms with Gasteiger partial charge in [0.1, 0.15) is 5.76 Å². The maximum atomic E-state index is 12.3. The molecule has 128 valence electrons. The third-order valence-electron chi connectivity index (χ3n) is 4.16. The van der Waals surface area contributed by atoms with Crippen LogP contribution in [0, 0.1) is 13.8 Å². The van der Waals surface area contributed by atoms with E-state index in [9.17, 15) is 14.7 Å². The molecule has 3 rings (SSSR count). The van der Waals surface area contributed by atoms with Crippen molar-refractivity contribution in [3.8, 4) is 0 Å². The van der Waals surface area contributed by atoms with Crippen LogP contribution in [0.3, 0.4) is 0 Å². The third-order valence-corrected chi connectivity index (χ3v) is 4.16. The van der Waals surface area contributed by atoms with Gasteiger partial charge >= 0.3 is 0 Å². The molecule has 0 unspecified atom stereocenters. The first kappa shape index (κ1) is 16.7. The largest absolute Gasteiger partial charge is 0.545 e. The van der Waals surface area contributed by atoms with Crippen molar-refractivity contribution < 1.29 is 19.2 Å². The summed E-state index contributed by atoms with van der Waals surface area (Å²) in [6.07, 6.45) is 0.670. The normalized spacial score (nSPS) is 10.8. The molecule has 0 spiro atoms. The van der Waals surface area contributed by atoms with Gasteiger partial charge in [0.25, 0.3) is 0 Å². The van der Waals surface area contributed by atoms with E-state index in [0.29, 0.717) is 12.2 Å². The molecule has 1 heterocycles. The second-order valence-corrected chi connectivity index (χ2v) is 5.88. The number of carbonyl (C=O) groups is 2. The van der Waals surface area contributed by atoms with E-state index in [4.69, 9.17) is 4.52 Å².